The fraction of sp³-hybridized carbons (Fsp3) is 0.188. The van der Waals surface area contributed by atoms with E-state index in [1.807, 2.05) is 35.7 Å². The number of fused-ring (bicyclic) bond motifs is 1. The number of hydrogen-bond acceptors (Lipinski definition) is 3. The van der Waals surface area contributed by atoms with Gasteiger partial charge in [0, 0.05) is 16.2 Å². The number of nitrogens with one attached hydrogen (secondary N) is 1. The summed E-state index contributed by atoms with van der Waals surface area (Å²) in [5, 5.41) is 12.2. The second kappa shape index (κ2) is 6.56. The molecule has 0 unspecified atom stereocenters. The van der Waals surface area contributed by atoms with Gasteiger partial charge in [-0.25, -0.2) is 0 Å². The van der Waals surface area contributed by atoms with Crippen LogP contribution in [0.25, 0.3) is 5.65 Å². The summed E-state index contributed by atoms with van der Waals surface area (Å²) < 4.78 is 1.84. The number of amides is 1. The van der Waals surface area contributed by atoms with Crippen molar-refractivity contribution in [2.24, 2.45) is 0 Å². The lowest BCUT2D eigenvalue weighted by Crippen LogP contribution is -2.29. The number of benzene rings is 1. The Kier molecular flexibility index (Phi) is 4.50. The Morgan fingerprint density at radius 2 is 2.09 bits per heavy atom. The zero-order valence-electron chi connectivity index (χ0n) is 12.3. The first-order chi connectivity index (χ1) is 11.0. The summed E-state index contributed by atoms with van der Waals surface area (Å²) >= 11 is 12.0. The van der Waals surface area contributed by atoms with E-state index in [-0.39, 0.29) is 18.4 Å². The van der Waals surface area contributed by atoms with E-state index in [0.717, 1.165) is 5.65 Å². The highest BCUT2D eigenvalue weighted by atomic mass is 35.5. The van der Waals surface area contributed by atoms with Crippen LogP contribution in [0.2, 0.25) is 10.0 Å². The second-order valence-corrected chi connectivity index (χ2v) is 6.03. The molecular weight excluding hydrogens is 335 g/mol. The quantitative estimate of drug-likeness (QED) is 0.785. The Bertz CT molecular complexity index is 862. The van der Waals surface area contributed by atoms with E-state index in [9.17, 15) is 4.79 Å². The topological polar surface area (TPSA) is 59.3 Å². The highest BCUT2D eigenvalue weighted by molar-refractivity contribution is 6.33. The molecule has 5 nitrogen and oxygen atoms in total. The maximum atomic E-state index is 12.2. The largest absolute Gasteiger partial charge is 0.346 e. The van der Waals surface area contributed by atoms with Gasteiger partial charge in [-0.05, 0) is 42.8 Å². The summed E-state index contributed by atoms with van der Waals surface area (Å²) in [5.74, 6) is 0.514. The molecule has 0 bridgehead atoms. The molecule has 0 aliphatic rings. The van der Waals surface area contributed by atoms with Crippen LogP contribution in [-0.4, -0.2) is 20.5 Å². The standard InChI is InChI=1S/C16H14Cl2N4O/c1-10(16-21-20-14-4-2-3-7-22(14)16)19-15(23)9-11-8-12(17)5-6-13(11)18/h2-8,10H,9H2,1H3,(H,19,23)/t10-/m1/s1. The predicted octanol–water partition coefficient (Wildman–Crippen LogP) is 3.46. The summed E-state index contributed by atoms with van der Waals surface area (Å²) in [5.41, 5.74) is 1.43. The van der Waals surface area contributed by atoms with E-state index in [1.54, 1.807) is 18.2 Å². The lowest BCUT2D eigenvalue weighted by atomic mass is 10.1. The molecule has 0 aliphatic heterocycles. The van der Waals surface area contributed by atoms with Crippen LogP contribution in [0.1, 0.15) is 24.4 Å². The third kappa shape index (κ3) is 3.46. The monoisotopic (exact) mass is 348 g/mol. The Hall–Kier alpha value is -2.11. The van der Waals surface area contributed by atoms with Gasteiger partial charge in [-0.15, -0.1) is 10.2 Å². The van der Waals surface area contributed by atoms with E-state index in [4.69, 9.17) is 23.2 Å². The Morgan fingerprint density at radius 3 is 2.91 bits per heavy atom. The Morgan fingerprint density at radius 1 is 1.26 bits per heavy atom. The lowest BCUT2D eigenvalue weighted by Gasteiger charge is -2.13. The predicted molar refractivity (Wildman–Crippen MR) is 89.7 cm³/mol. The molecule has 0 aliphatic carbocycles. The molecule has 1 atom stereocenters. The first-order valence-corrected chi connectivity index (χ1v) is 7.83. The van der Waals surface area contributed by atoms with E-state index in [1.165, 1.54) is 0 Å². The number of nitrogens with zero attached hydrogens (tertiary/aromatic N) is 3. The molecule has 0 saturated heterocycles. The molecule has 118 valence electrons. The van der Waals surface area contributed by atoms with Crippen molar-refractivity contribution >= 4 is 34.8 Å². The van der Waals surface area contributed by atoms with Crippen molar-refractivity contribution in [1.29, 1.82) is 0 Å². The zero-order chi connectivity index (χ0) is 16.4. The SMILES string of the molecule is C[C@@H](NC(=O)Cc1cc(Cl)ccc1Cl)c1nnc2ccccn12. The van der Waals surface area contributed by atoms with Crippen molar-refractivity contribution in [3.63, 3.8) is 0 Å². The van der Waals surface area contributed by atoms with Crippen molar-refractivity contribution in [1.82, 2.24) is 19.9 Å². The van der Waals surface area contributed by atoms with Crippen molar-refractivity contribution in [2.75, 3.05) is 0 Å². The van der Waals surface area contributed by atoms with Gasteiger partial charge in [0.05, 0.1) is 12.5 Å². The van der Waals surface area contributed by atoms with Gasteiger partial charge in [-0.2, -0.15) is 0 Å². The molecule has 2 heterocycles. The van der Waals surface area contributed by atoms with Crippen molar-refractivity contribution in [3.05, 3.63) is 64.0 Å². The summed E-state index contributed by atoms with van der Waals surface area (Å²) in [7, 11) is 0. The van der Waals surface area contributed by atoms with Crippen LogP contribution in [0.3, 0.4) is 0 Å². The third-order valence-corrected chi connectivity index (χ3v) is 4.07. The molecule has 0 radical (unpaired) electrons. The molecular formula is C16H14Cl2N4O. The molecule has 3 rings (SSSR count). The summed E-state index contributed by atoms with van der Waals surface area (Å²) in [6, 6.07) is 10.4. The maximum absolute atomic E-state index is 12.2. The average molecular weight is 349 g/mol. The molecule has 7 heteroatoms. The molecule has 0 saturated carbocycles. The van der Waals surface area contributed by atoms with Gasteiger partial charge in [-0.3, -0.25) is 9.20 Å². The fourth-order valence-electron chi connectivity index (χ4n) is 2.36. The summed E-state index contributed by atoms with van der Waals surface area (Å²) in [6.45, 7) is 1.86. The first kappa shape index (κ1) is 15.8. The molecule has 1 aromatic carbocycles. The van der Waals surface area contributed by atoms with Crippen LogP contribution in [-0.2, 0) is 11.2 Å². The van der Waals surface area contributed by atoms with Gasteiger partial charge in [0.25, 0.3) is 0 Å². The van der Waals surface area contributed by atoms with Gasteiger partial charge in [-0.1, -0.05) is 29.3 Å². The van der Waals surface area contributed by atoms with Gasteiger partial charge in [0.2, 0.25) is 5.91 Å². The molecule has 23 heavy (non-hydrogen) atoms. The van der Waals surface area contributed by atoms with Crippen LogP contribution in [0.15, 0.2) is 42.6 Å². The van der Waals surface area contributed by atoms with Gasteiger partial charge in [0.1, 0.15) is 0 Å². The Labute approximate surface area is 143 Å². The second-order valence-electron chi connectivity index (χ2n) is 5.19. The van der Waals surface area contributed by atoms with Crippen LogP contribution >= 0.6 is 23.2 Å². The Balaban J connectivity index is 1.73. The van der Waals surface area contributed by atoms with E-state index in [0.29, 0.717) is 21.4 Å². The highest BCUT2D eigenvalue weighted by Gasteiger charge is 2.16. The average Bonchev–Trinajstić information content (AvgIpc) is 2.95. The molecule has 0 fully saturated rings. The number of rotatable bonds is 4. The summed E-state index contributed by atoms with van der Waals surface area (Å²) in [4.78, 5) is 12.2. The van der Waals surface area contributed by atoms with E-state index < -0.39 is 0 Å². The fourth-order valence-corrected chi connectivity index (χ4v) is 2.74. The van der Waals surface area contributed by atoms with Crippen molar-refractivity contribution in [2.45, 2.75) is 19.4 Å². The maximum Gasteiger partial charge on any atom is 0.225 e. The summed E-state index contributed by atoms with van der Waals surface area (Å²) in [6.07, 6.45) is 2.02. The van der Waals surface area contributed by atoms with Crippen LogP contribution in [0.5, 0.6) is 0 Å². The number of carbonyl (C=O) groups excluding carboxylic acids is 1. The molecule has 2 aromatic heterocycles. The molecule has 0 spiro atoms. The molecule has 3 aromatic rings. The van der Waals surface area contributed by atoms with E-state index in [2.05, 4.69) is 15.5 Å². The smallest absolute Gasteiger partial charge is 0.225 e. The highest BCUT2D eigenvalue weighted by Crippen LogP contribution is 2.21. The zero-order valence-corrected chi connectivity index (χ0v) is 13.8. The molecule has 1 N–H and O–H groups in total. The van der Waals surface area contributed by atoms with Crippen LogP contribution in [0.4, 0.5) is 0 Å². The van der Waals surface area contributed by atoms with Gasteiger partial charge < -0.3 is 5.32 Å². The minimum Gasteiger partial charge on any atom is -0.346 e. The van der Waals surface area contributed by atoms with Crippen molar-refractivity contribution < 1.29 is 4.79 Å². The minimum absolute atomic E-state index is 0.153. The number of halogens is 2. The first-order valence-electron chi connectivity index (χ1n) is 7.07. The van der Waals surface area contributed by atoms with Gasteiger partial charge in [0.15, 0.2) is 11.5 Å². The lowest BCUT2D eigenvalue weighted by molar-refractivity contribution is -0.121. The van der Waals surface area contributed by atoms with E-state index >= 15 is 0 Å². The van der Waals surface area contributed by atoms with Crippen LogP contribution < -0.4 is 5.32 Å². The van der Waals surface area contributed by atoms with Crippen molar-refractivity contribution in [3.8, 4) is 0 Å². The third-order valence-electron chi connectivity index (χ3n) is 3.46. The minimum atomic E-state index is -0.280. The van der Waals surface area contributed by atoms with Gasteiger partial charge >= 0.3 is 0 Å². The normalized spacial score (nSPS) is 12.3. The van der Waals surface area contributed by atoms with Crippen LogP contribution in [0, 0.1) is 0 Å². The number of carbonyl (C=O) groups is 1. The molecule has 1 amide bonds. The number of aromatic nitrogens is 3. The number of hydrogen-bond donors (Lipinski definition) is 1. The number of pyridine rings is 1.